The molecule has 0 unspecified atom stereocenters. The van der Waals surface area contributed by atoms with Crippen molar-refractivity contribution in [3.8, 4) is 11.5 Å². The van der Waals surface area contributed by atoms with Crippen LogP contribution in [0.2, 0.25) is 0 Å². The number of hydroxylamine groups is 1. The monoisotopic (exact) mass is 245 g/mol. The molecule has 2 N–H and O–H groups in total. The van der Waals surface area contributed by atoms with Gasteiger partial charge >= 0.3 is 0 Å². The molecule has 5 heteroatoms. The minimum absolute atomic E-state index is 0.254. The fraction of sp³-hybridized carbons (Fsp3) is 0.250. The van der Waals surface area contributed by atoms with Gasteiger partial charge in [-0.25, -0.2) is 5.48 Å². The van der Waals surface area contributed by atoms with Gasteiger partial charge in [0.15, 0.2) is 11.5 Å². The van der Waals surface area contributed by atoms with Gasteiger partial charge in [0.25, 0.3) is 0 Å². The van der Waals surface area contributed by atoms with E-state index in [1.165, 1.54) is 0 Å². The maximum Gasteiger partial charge on any atom is 0.231 e. The van der Waals surface area contributed by atoms with E-state index in [-0.39, 0.29) is 6.79 Å². The van der Waals surface area contributed by atoms with Crippen LogP contribution in [0.4, 0.5) is 0 Å². The quantitative estimate of drug-likeness (QED) is 0.779. The zero-order chi connectivity index (χ0) is 9.26. The minimum atomic E-state index is 0.254. The number of rotatable bonds is 2. The van der Waals surface area contributed by atoms with Gasteiger partial charge in [0, 0.05) is 6.54 Å². The molecule has 0 aromatic heterocycles. The van der Waals surface area contributed by atoms with E-state index in [4.69, 9.17) is 14.7 Å². The lowest BCUT2D eigenvalue weighted by molar-refractivity contribution is 0.160. The molecule has 70 valence electrons. The first-order valence-electron chi connectivity index (χ1n) is 3.77. The number of benzene rings is 1. The molecule has 0 fully saturated rings. The van der Waals surface area contributed by atoms with E-state index in [9.17, 15) is 0 Å². The average molecular weight is 246 g/mol. The summed E-state index contributed by atoms with van der Waals surface area (Å²) < 4.78 is 11.2. The minimum Gasteiger partial charge on any atom is -0.454 e. The van der Waals surface area contributed by atoms with Crippen LogP contribution in [0, 0.1) is 0 Å². The van der Waals surface area contributed by atoms with E-state index in [0.29, 0.717) is 12.3 Å². The van der Waals surface area contributed by atoms with Crippen LogP contribution in [0.3, 0.4) is 0 Å². The van der Waals surface area contributed by atoms with Crippen LogP contribution in [0.15, 0.2) is 16.6 Å². The number of ether oxygens (including phenoxy) is 2. The predicted molar refractivity (Wildman–Crippen MR) is 48.9 cm³/mol. The molecule has 13 heavy (non-hydrogen) atoms. The molecule has 2 rings (SSSR count). The lowest BCUT2D eigenvalue weighted by atomic mass is 10.2. The molecule has 1 aromatic rings. The van der Waals surface area contributed by atoms with Crippen LogP contribution in [-0.2, 0) is 6.54 Å². The highest BCUT2D eigenvalue weighted by Gasteiger charge is 2.18. The second-order valence-corrected chi connectivity index (χ2v) is 3.40. The van der Waals surface area contributed by atoms with E-state index in [1.54, 1.807) is 0 Å². The Bertz CT molecular complexity index is 329. The van der Waals surface area contributed by atoms with Crippen molar-refractivity contribution >= 4 is 15.9 Å². The summed E-state index contributed by atoms with van der Waals surface area (Å²) >= 11 is 3.38. The molecule has 0 bridgehead atoms. The Morgan fingerprint density at radius 1 is 1.46 bits per heavy atom. The summed E-state index contributed by atoms with van der Waals surface area (Å²) in [6.07, 6.45) is 0. The summed E-state index contributed by atoms with van der Waals surface area (Å²) in [4.78, 5) is 0. The summed E-state index contributed by atoms with van der Waals surface area (Å²) in [5.74, 6) is 1.43. The van der Waals surface area contributed by atoms with Crippen molar-refractivity contribution in [2.24, 2.45) is 0 Å². The summed E-state index contributed by atoms with van der Waals surface area (Å²) in [6, 6.07) is 3.68. The van der Waals surface area contributed by atoms with E-state index < -0.39 is 0 Å². The predicted octanol–water partition coefficient (Wildman–Crippen LogP) is 1.66. The van der Waals surface area contributed by atoms with Crippen LogP contribution >= 0.6 is 15.9 Å². The molecule has 1 aromatic carbocycles. The second-order valence-electron chi connectivity index (χ2n) is 2.61. The highest BCUT2D eigenvalue weighted by atomic mass is 79.9. The molecule has 0 amide bonds. The van der Waals surface area contributed by atoms with Gasteiger partial charge in [0.2, 0.25) is 6.79 Å². The molecule has 4 nitrogen and oxygen atoms in total. The first-order chi connectivity index (χ1) is 6.33. The number of nitrogens with one attached hydrogen (secondary N) is 1. The number of hydrogen-bond acceptors (Lipinski definition) is 4. The summed E-state index contributed by atoms with van der Waals surface area (Å²) in [5.41, 5.74) is 3.01. The third-order valence-corrected chi connectivity index (χ3v) is 2.70. The van der Waals surface area contributed by atoms with Gasteiger partial charge in [0.1, 0.15) is 0 Å². The normalized spacial score (nSPS) is 13.4. The maximum absolute atomic E-state index is 8.55. The van der Waals surface area contributed by atoms with Gasteiger partial charge in [-0.05, 0) is 27.6 Å². The number of halogens is 1. The van der Waals surface area contributed by atoms with Crippen molar-refractivity contribution in [1.29, 1.82) is 0 Å². The first-order valence-corrected chi connectivity index (χ1v) is 4.56. The Morgan fingerprint density at radius 3 is 3.08 bits per heavy atom. The van der Waals surface area contributed by atoms with Gasteiger partial charge in [-0.1, -0.05) is 6.07 Å². The lowest BCUT2D eigenvalue weighted by Crippen LogP contribution is -2.06. The molecule has 1 heterocycles. The van der Waals surface area contributed by atoms with Crippen LogP contribution < -0.4 is 15.0 Å². The Kier molecular flexibility index (Phi) is 2.39. The highest BCUT2D eigenvalue weighted by molar-refractivity contribution is 9.10. The van der Waals surface area contributed by atoms with Crippen LogP contribution in [-0.4, -0.2) is 12.0 Å². The first kappa shape index (κ1) is 8.80. The van der Waals surface area contributed by atoms with Crippen LogP contribution in [0.1, 0.15) is 5.56 Å². The van der Waals surface area contributed by atoms with Crippen molar-refractivity contribution in [3.63, 3.8) is 0 Å². The number of fused-ring (bicyclic) bond motifs is 1. The fourth-order valence-electron chi connectivity index (χ4n) is 1.20. The topological polar surface area (TPSA) is 50.7 Å². The van der Waals surface area contributed by atoms with Gasteiger partial charge in [-0.15, -0.1) is 0 Å². The van der Waals surface area contributed by atoms with Crippen molar-refractivity contribution in [1.82, 2.24) is 5.48 Å². The standard InChI is InChI=1S/C8H8BrNO3/c9-7-5(3-10-11)1-2-6-8(7)13-4-12-6/h1-2,10-11H,3-4H2. The van der Waals surface area contributed by atoms with Crippen molar-refractivity contribution in [2.45, 2.75) is 6.54 Å². The highest BCUT2D eigenvalue weighted by Crippen LogP contribution is 2.40. The molecule has 0 saturated heterocycles. The summed E-state index contributed by atoms with van der Waals surface area (Å²) in [7, 11) is 0. The molecular weight excluding hydrogens is 238 g/mol. The molecule has 0 atom stereocenters. The summed E-state index contributed by atoms with van der Waals surface area (Å²) in [6.45, 7) is 0.626. The smallest absolute Gasteiger partial charge is 0.231 e. The third kappa shape index (κ3) is 1.50. The molecule has 0 saturated carbocycles. The number of hydrogen-bond donors (Lipinski definition) is 2. The van der Waals surface area contributed by atoms with E-state index in [1.807, 2.05) is 12.1 Å². The average Bonchev–Trinajstić information content (AvgIpc) is 2.58. The Labute approximate surface area is 83.5 Å². The van der Waals surface area contributed by atoms with Gasteiger partial charge in [-0.2, -0.15) is 0 Å². The largest absolute Gasteiger partial charge is 0.454 e. The van der Waals surface area contributed by atoms with Gasteiger partial charge in [0.05, 0.1) is 4.47 Å². The maximum atomic E-state index is 8.55. The molecule has 1 aliphatic heterocycles. The molecular formula is C8H8BrNO3. The van der Waals surface area contributed by atoms with Crippen molar-refractivity contribution < 1.29 is 14.7 Å². The molecule has 0 radical (unpaired) electrons. The molecule has 0 spiro atoms. The molecule has 1 aliphatic rings. The Morgan fingerprint density at radius 2 is 2.31 bits per heavy atom. The summed E-state index contributed by atoms with van der Waals surface area (Å²) in [5, 5.41) is 8.55. The second kappa shape index (κ2) is 3.53. The lowest BCUT2D eigenvalue weighted by Gasteiger charge is -2.05. The molecule has 0 aliphatic carbocycles. The van der Waals surface area contributed by atoms with Crippen LogP contribution in [0.25, 0.3) is 0 Å². The van der Waals surface area contributed by atoms with Crippen LogP contribution in [0.5, 0.6) is 11.5 Å². The zero-order valence-corrected chi connectivity index (χ0v) is 8.30. The van der Waals surface area contributed by atoms with Gasteiger partial charge < -0.3 is 14.7 Å². The van der Waals surface area contributed by atoms with E-state index >= 15 is 0 Å². The van der Waals surface area contributed by atoms with Gasteiger partial charge in [-0.3, -0.25) is 0 Å². The fourth-order valence-corrected chi connectivity index (χ4v) is 1.78. The Balaban J connectivity index is 2.40. The third-order valence-electron chi connectivity index (χ3n) is 1.83. The Hall–Kier alpha value is -0.780. The van der Waals surface area contributed by atoms with E-state index in [2.05, 4.69) is 21.4 Å². The SMILES string of the molecule is ONCc1ccc2c(c1Br)OCO2. The van der Waals surface area contributed by atoms with E-state index in [0.717, 1.165) is 15.8 Å². The zero-order valence-electron chi connectivity index (χ0n) is 6.71. The van der Waals surface area contributed by atoms with Crippen molar-refractivity contribution in [3.05, 3.63) is 22.2 Å². The van der Waals surface area contributed by atoms with Crippen molar-refractivity contribution in [2.75, 3.05) is 6.79 Å².